The molecule has 0 spiro atoms. The monoisotopic (exact) mass is 361 g/mol. The topological polar surface area (TPSA) is 142 Å². The third kappa shape index (κ3) is 3.17. The van der Waals surface area contributed by atoms with Crippen LogP contribution in [0.15, 0.2) is 23.3 Å². The van der Waals surface area contributed by atoms with E-state index in [9.17, 15) is 14.4 Å². The van der Waals surface area contributed by atoms with Gasteiger partial charge in [0.15, 0.2) is 11.2 Å². The number of H-pyrrole nitrogens is 1. The molecule has 0 amide bonds. The van der Waals surface area contributed by atoms with E-state index in [0.717, 1.165) is 0 Å². The van der Waals surface area contributed by atoms with Crippen molar-refractivity contribution in [1.82, 2.24) is 19.5 Å². The molecule has 26 heavy (non-hydrogen) atoms. The Hall–Kier alpha value is -3.17. The largest absolute Gasteiger partial charge is 0.465 e. The third-order valence-corrected chi connectivity index (χ3v) is 4.38. The van der Waals surface area contributed by atoms with Gasteiger partial charge in [-0.15, -0.1) is 0 Å². The molecule has 2 heterocycles. The zero-order chi connectivity index (χ0) is 19.0. The highest BCUT2D eigenvalue weighted by atomic mass is 16.6. The molecule has 1 saturated carbocycles. The minimum absolute atomic E-state index is 0.0270. The smallest absolute Gasteiger partial charge is 0.302 e. The van der Waals surface area contributed by atoms with Crippen LogP contribution >= 0.6 is 0 Å². The van der Waals surface area contributed by atoms with Gasteiger partial charge in [0.25, 0.3) is 5.56 Å². The number of nitrogens with one attached hydrogen (secondary N) is 1. The van der Waals surface area contributed by atoms with Crippen molar-refractivity contribution in [3.05, 3.63) is 28.8 Å². The Morgan fingerprint density at radius 2 is 2.15 bits per heavy atom. The number of aromatic amines is 1. The summed E-state index contributed by atoms with van der Waals surface area (Å²) in [4.78, 5) is 45.2. The number of carbonyl (C=O) groups is 2. The fourth-order valence-electron chi connectivity index (χ4n) is 3.25. The molecule has 0 saturated heterocycles. The van der Waals surface area contributed by atoms with Crippen molar-refractivity contribution in [2.45, 2.75) is 32.4 Å². The SMILES string of the molecule is C=C1C(n2cnc3c(=O)[nH]c(N)nc32)CC(OC(C)=O)[C@@H]1COC(C)=O. The third-order valence-electron chi connectivity index (χ3n) is 4.38. The van der Waals surface area contributed by atoms with Crippen LogP contribution in [-0.4, -0.2) is 44.2 Å². The fourth-order valence-corrected chi connectivity index (χ4v) is 3.25. The second-order valence-electron chi connectivity index (χ2n) is 6.16. The second-order valence-corrected chi connectivity index (χ2v) is 6.16. The number of nitrogen functional groups attached to an aromatic ring is 1. The van der Waals surface area contributed by atoms with Crippen molar-refractivity contribution in [3.8, 4) is 0 Å². The number of anilines is 1. The molecule has 2 aromatic rings. The van der Waals surface area contributed by atoms with Crippen LogP contribution in [0.25, 0.3) is 11.2 Å². The zero-order valence-electron chi connectivity index (χ0n) is 14.4. The molecule has 2 aromatic heterocycles. The lowest BCUT2D eigenvalue weighted by Gasteiger charge is -2.19. The van der Waals surface area contributed by atoms with Crippen molar-refractivity contribution < 1.29 is 19.1 Å². The maximum atomic E-state index is 12.0. The summed E-state index contributed by atoms with van der Waals surface area (Å²) in [5.41, 5.74) is 6.35. The first-order valence-electron chi connectivity index (χ1n) is 7.99. The van der Waals surface area contributed by atoms with Gasteiger partial charge in [-0.05, 0) is 5.57 Å². The maximum Gasteiger partial charge on any atom is 0.302 e. The Balaban J connectivity index is 1.97. The second kappa shape index (κ2) is 6.62. The summed E-state index contributed by atoms with van der Waals surface area (Å²) in [6, 6.07) is -0.335. The molecule has 10 heteroatoms. The first kappa shape index (κ1) is 17.6. The molecule has 2 unspecified atom stereocenters. The van der Waals surface area contributed by atoms with Gasteiger partial charge in [-0.2, -0.15) is 4.98 Å². The number of hydrogen-bond acceptors (Lipinski definition) is 8. The van der Waals surface area contributed by atoms with E-state index in [4.69, 9.17) is 15.2 Å². The highest BCUT2D eigenvalue weighted by Gasteiger charge is 2.42. The summed E-state index contributed by atoms with van der Waals surface area (Å²) in [5, 5.41) is 0. The van der Waals surface area contributed by atoms with E-state index in [2.05, 4.69) is 21.5 Å². The van der Waals surface area contributed by atoms with Crippen molar-refractivity contribution >= 4 is 29.1 Å². The maximum absolute atomic E-state index is 12.0. The number of esters is 2. The van der Waals surface area contributed by atoms with Gasteiger partial charge in [0.05, 0.1) is 18.3 Å². The Bertz CT molecular complexity index is 946. The van der Waals surface area contributed by atoms with Crippen LogP contribution in [0, 0.1) is 5.92 Å². The van der Waals surface area contributed by atoms with Crippen LogP contribution < -0.4 is 11.3 Å². The normalized spacial score (nSPS) is 22.5. The van der Waals surface area contributed by atoms with Gasteiger partial charge in [0.1, 0.15) is 12.7 Å². The minimum Gasteiger partial charge on any atom is -0.465 e. The molecule has 3 rings (SSSR count). The number of imidazole rings is 1. The van der Waals surface area contributed by atoms with E-state index in [1.54, 1.807) is 4.57 Å². The number of hydrogen-bond donors (Lipinski definition) is 2. The van der Waals surface area contributed by atoms with Crippen LogP contribution in [-0.2, 0) is 19.1 Å². The number of carbonyl (C=O) groups excluding carboxylic acids is 2. The first-order chi connectivity index (χ1) is 12.3. The average Bonchev–Trinajstić information content (AvgIpc) is 3.06. The molecule has 0 aliphatic heterocycles. The number of rotatable bonds is 4. The molecular formula is C16H19N5O5. The fraction of sp³-hybridized carbons (Fsp3) is 0.438. The highest BCUT2D eigenvalue weighted by molar-refractivity contribution is 5.71. The van der Waals surface area contributed by atoms with Crippen molar-refractivity contribution in [2.24, 2.45) is 5.92 Å². The van der Waals surface area contributed by atoms with Crippen molar-refractivity contribution in [2.75, 3.05) is 12.3 Å². The van der Waals surface area contributed by atoms with E-state index in [1.807, 2.05) is 0 Å². The summed E-state index contributed by atoms with van der Waals surface area (Å²) in [7, 11) is 0. The van der Waals surface area contributed by atoms with Crippen LogP contribution in [0.3, 0.4) is 0 Å². The van der Waals surface area contributed by atoms with E-state index >= 15 is 0 Å². The van der Waals surface area contributed by atoms with E-state index in [-0.39, 0.29) is 30.0 Å². The molecule has 10 nitrogen and oxygen atoms in total. The average molecular weight is 361 g/mol. The van der Waals surface area contributed by atoms with E-state index in [0.29, 0.717) is 17.6 Å². The van der Waals surface area contributed by atoms with Gasteiger partial charge in [-0.25, -0.2) is 4.98 Å². The zero-order valence-corrected chi connectivity index (χ0v) is 14.4. The van der Waals surface area contributed by atoms with Crippen LogP contribution in [0.4, 0.5) is 5.95 Å². The minimum atomic E-state index is -0.513. The molecule has 0 radical (unpaired) electrons. The molecule has 3 N–H and O–H groups in total. The summed E-state index contributed by atoms with van der Waals surface area (Å²) in [6.07, 6.45) is 1.35. The lowest BCUT2D eigenvalue weighted by atomic mass is 10.0. The van der Waals surface area contributed by atoms with Gasteiger partial charge in [0.2, 0.25) is 5.95 Å². The van der Waals surface area contributed by atoms with Crippen LogP contribution in [0.2, 0.25) is 0 Å². The van der Waals surface area contributed by atoms with Gasteiger partial charge in [-0.3, -0.25) is 19.4 Å². The Morgan fingerprint density at radius 1 is 1.42 bits per heavy atom. The predicted molar refractivity (Wildman–Crippen MR) is 91.0 cm³/mol. The molecule has 1 aliphatic carbocycles. The molecule has 0 aromatic carbocycles. The summed E-state index contributed by atoms with van der Waals surface area (Å²) in [5.74, 6) is -1.27. The van der Waals surface area contributed by atoms with E-state index < -0.39 is 23.6 Å². The Labute approximate surface area is 148 Å². The predicted octanol–water partition coefficient (Wildman–Crippen LogP) is 0.314. The number of ether oxygens (including phenoxy) is 2. The lowest BCUT2D eigenvalue weighted by molar-refractivity contribution is -0.150. The Kier molecular flexibility index (Phi) is 4.49. The molecule has 0 bridgehead atoms. The van der Waals surface area contributed by atoms with Crippen LogP contribution in [0.1, 0.15) is 26.3 Å². The molecule has 138 valence electrons. The number of nitrogens with two attached hydrogens (primary N) is 1. The lowest BCUT2D eigenvalue weighted by Crippen LogP contribution is -2.26. The van der Waals surface area contributed by atoms with Gasteiger partial charge in [0, 0.05) is 20.3 Å². The Morgan fingerprint density at radius 3 is 2.81 bits per heavy atom. The summed E-state index contributed by atoms with van der Waals surface area (Å²) >= 11 is 0. The number of aromatic nitrogens is 4. The highest BCUT2D eigenvalue weighted by Crippen LogP contribution is 2.41. The van der Waals surface area contributed by atoms with E-state index in [1.165, 1.54) is 20.2 Å². The number of fused-ring (bicyclic) bond motifs is 1. The standard InChI is InChI=1S/C16H19N5O5/c1-7-10(5-25-8(2)22)12(26-9(3)23)4-11(7)21-6-18-13-14(21)19-16(17)20-15(13)24/h6,10-12H,1,4-5H2,2-3H3,(H3,17,19,20,24)/t10-,11?,12?/m1/s1. The molecule has 1 aliphatic rings. The number of nitrogens with zero attached hydrogens (tertiary/aromatic N) is 3. The van der Waals surface area contributed by atoms with Crippen LogP contribution in [0.5, 0.6) is 0 Å². The van der Waals surface area contributed by atoms with Gasteiger partial charge < -0.3 is 19.8 Å². The van der Waals surface area contributed by atoms with Crippen molar-refractivity contribution in [1.29, 1.82) is 0 Å². The molecule has 1 fully saturated rings. The van der Waals surface area contributed by atoms with Gasteiger partial charge in [-0.1, -0.05) is 6.58 Å². The molecule has 3 atom stereocenters. The van der Waals surface area contributed by atoms with Gasteiger partial charge >= 0.3 is 11.9 Å². The van der Waals surface area contributed by atoms with Crippen molar-refractivity contribution in [3.63, 3.8) is 0 Å². The summed E-state index contributed by atoms with van der Waals surface area (Å²) < 4.78 is 12.1. The first-order valence-corrected chi connectivity index (χ1v) is 7.99. The molecular weight excluding hydrogens is 342 g/mol. The quantitative estimate of drug-likeness (QED) is 0.585. The summed E-state index contributed by atoms with van der Waals surface area (Å²) in [6.45, 7) is 6.75.